The number of carbonyl (C=O) groups is 1. The minimum absolute atomic E-state index is 0.196. The highest BCUT2D eigenvalue weighted by molar-refractivity contribution is 5.76. The van der Waals surface area contributed by atoms with E-state index in [0.29, 0.717) is 30.4 Å². The number of nitrogens with one attached hydrogen (secondary N) is 1. The smallest absolute Gasteiger partial charge is 0.224 e. The Bertz CT molecular complexity index is 402. The van der Waals surface area contributed by atoms with Crippen molar-refractivity contribution >= 4 is 5.91 Å². The van der Waals surface area contributed by atoms with Crippen LogP contribution in [0, 0.1) is 11.3 Å². The van der Waals surface area contributed by atoms with E-state index in [1.54, 1.807) is 0 Å². The Morgan fingerprint density at radius 1 is 1.27 bits per heavy atom. The predicted molar refractivity (Wildman–Crippen MR) is 87.7 cm³/mol. The molecule has 0 aromatic carbocycles. The zero-order chi connectivity index (χ0) is 15.7. The molecule has 3 aliphatic rings. The van der Waals surface area contributed by atoms with Gasteiger partial charge in [-0.3, -0.25) is 4.79 Å². The highest BCUT2D eigenvalue weighted by atomic mass is 16.5. The topological polar surface area (TPSA) is 41.6 Å². The maximum Gasteiger partial charge on any atom is 0.224 e. The van der Waals surface area contributed by atoms with Crippen molar-refractivity contribution in [1.29, 1.82) is 0 Å². The van der Waals surface area contributed by atoms with Crippen LogP contribution in [0.1, 0.15) is 59.3 Å². The van der Waals surface area contributed by atoms with Crippen LogP contribution < -0.4 is 5.32 Å². The molecule has 0 radical (unpaired) electrons. The summed E-state index contributed by atoms with van der Waals surface area (Å²) in [5, 5.41) is 3.74. The van der Waals surface area contributed by atoms with E-state index in [9.17, 15) is 4.79 Å². The number of hydrogen-bond acceptors (Lipinski definition) is 3. The van der Waals surface area contributed by atoms with Crippen LogP contribution in [0.5, 0.6) is 0 Å². The molecule has 2 saturated heterocycles. The molecule has 2 heterocycles. The van der Waals surface area contributed by atoms with Gasteiger partial charge in [0.05, 0.1) is 6.10 Å². The average Bonchev–Trinajstić information content (AvgIpc) is 2.75. The first-order valence-corrected chi connectivity index (χ1v) is 9.15. The summed E-state index contributed by atoms with van der Waals surface area (Å²) in [6, 6.07) is 0.744. The summed E-state index contributed by atoms with van der Waals surface area (Å²) >= 11 is 0. The maximum absolute atomic E-state index is 12.5. The molecule has 4 nitrogen and oxygen atoms in total. The fraction of sp³-hybridized carbons (Fsp3) is 0.944. The molecule has 1 saturated carbocycles. The van der Waals surface area contributed by atoms with Gasteiger partial charge < -0.3 is 15.0 Å². The summed E-state index contributed by atoms with van der Waals surface area (Å²) in [7, 11) is 0. The number of amides is 1. The van der Waals surface area contributed by atoms with Crippen molar-refractivity contribution in [2.24, 2.45) is 11.3 Å². The number of carbonyl (C=O) groups excluding carboxylic acids is 1. The van der Waals surface area contributed by atoms with Crippen molar-refractivity contribution in [2.75, 3.05) is 19.7 Å². The van der Waals surface area contributed by atoms with E-state index in [4.69, 9.17) is 4.74 Å². The molecule has 2 aliphatic heterocycles. The summed E-state index contributed by atoms with van der Waals surface area (Å²) in [6.07, 6.45) is 7.10. The minimum atomic E-state index is 0.196. The molecule has 0 unspecified atom stereocenters. The van der Waals surface area contributed by atoms with Gasteiger partial charge in [0.15, 0.2) is 0 Å². The van der Waals surface area contributed by atoms with Gasteiger partial charge in [0, 0.05) is 49.5 Å². The van der Waals surface area contributed by atoms with Gasteiger partial charge in [-0.25, -0.2) is 0 Å². The van der Waals surface area contributed by atoms with Gasteiger partial charge in [0.2, 0.25) is 5.91 Å². The molecule has 3 rings (SSSR count). The number of rotatable bonds is 4. The molecule has 4 atom stereocenters. The summed E-state index contributed by atoms with van der Waals surface area (Å²) in [4.78, 5) is 14.6. The quantitative estimate of drug-likeness (QED) is 0.868. The number of likely N-dealkylation sites (tertiary alicyclic amines) is 1. The van der Waals surface area contributed by atoms with E-state index in [2.05, 4.69) is 31.0 Å². The molecule has 1 aliphatic carbocycles. The van der Waals surface area contributed by atoms with Crippen LogP contribution >= 0.6 is 0 Å². The van der Waals surface area contributed by atoms with Crippen LogP contribution in [0.25, 0.3) is 0 Å². The Hall–Kier alpha value is -0.610. The molecule has 0 aromatic heterocycles. The fourth-order valence-electron chi connectivity index (χ4n) is 4.74. The third-order valence-electron chi connectivity index (χ3n) is 6.00. The van der Waals surface area contributed by atoms with Gasteiger partial charge in [0.1, 0.15) is 0 Å². The first-order valence-electron chi connectivity index (χ1n) is 9.15. The summed E-state index contributed by atoms with van der Waals surface area (Å²) in [6.45, 7) is 9.56. The maximum atomic E-state index is 12.5. The van der Waals surface area contributed by atoms with Crippen LogP contribution in [0.2, 0.25) is 0 Å². The zero-order valence-electron chi connectivity index (χ0n) is 14.4. The zero-order valence-corrected chi connectivity index (χ0v) is 14.4. The first-order chi connectivity index (χ1) is 10.5. The number of hydrogen-bond donors (Lipinski definition) is 1. The molecule has 4 heteroatoms. The third kappa shape index (κ3) is 3.05. The SMILES string of the molecule is C[C@H](CC(=O)N1CCCCCC1)N[C@@H]1[C@H]2CCO[C@H]2C1(C)C. The number of nitrogens with zero attached hydrogens (tertiary/aromatic N) is 1. The molecule has 1 amide bonds. The Morgan fingerprint density at radius 2 is 1.95 bits per heavy atom. The fourth-order valence-corrected chi connectivity index (χ4v) is 4.74. The van der Waals surface area contributed by atoms with Gasteiger partial charge >= 0.3 is 0 Å². The largest absolute Gasteiger partial charge is 0.377 e. The van der Waals surface area contributed by atoms with Crippen molar-refractivity contribution in [2.45, 2.75) is 77.5 Å². The van der Waals surface area contributed by atoms with E-state index in [1.807, 2.05) is 0 Å². The van der Waals surface area contributed by atoms with E-state index < -0.39 is 0 Å². The molecule has 1 N–H and O–H groups in total. The molecule has 0 spiro atoms. The molecule has 126 valence electrons. The van der Waals surface area contributed by atoms with Crippen LogP contribution in [-0.4, -0.2) is 48.7 Å². The minimum Gasteiger partial charge on any atom is -0.377 e. The predicted octanol–water partition coefficient (Wildman–Crippen LogP) is 2.57. The lowest BCUT2D eigenvalue weighted by Crippen LogP contribution is -2.67. The lowest BCUT2D eigenvalue weighted by atomic mass is 9.57. The molecule has 0 aromatic rings. The average molecular weight is 308 g/mol. The van der Waals surface area contributed by atoms with E-state index in [0.717, 1.165) is 19.7 Å². The molecular weight excluding hydrogens is 276 g/mol. The lowest BCUT2D eigenvalue weighted by molar-refractivity contribution is -0.133. The first kappa shape index (κ1) is 16.3. The highest BCUT2D eigenvalue weighted by Crippen LogP contribution is 2.52. The standard InChI is InChI=1S/C18H32N2O2/c1-13(12-15(21)20-9-6-4-5-7-10-20)19-16-14-8-11-22-17(14)18(16,2)3/h13-14,16-17,19H,4-12H2,1-3H3/t13-,14-,16-,17-/m1/s1. The molecule has 0 bridgehead atoms. The normalized spacial score (nSPS) is 35.4. The second-order valence-corrected chi connectivity index (χ2v) is 8.11. The summed E-state index contributed by atoms with van der Waals surface area (Å²) < 4.78 is 5.85. The van der Waals surface area contributed by atoms with Gasteiger partial charge in [-0.1, -0.05) is 26.7 Å². The van der Waals surface area contributed by atoms with Crippen molar-refractivity contribution in [3.8, 4) is 0 Å². The second kappa shape index (κ2) is 6.48. The monoisotopic (exact) mass is 308 g/mol. The van der Waals surface area contributed by atoms with Gasteiger partial charge in [-0.05, 0) is 26.2 Å². The van der Waals surface area contributed by atoms with Crippen LogP contribution in [0.15, 0.2) is 0 Å². The van der Waals surface area contributed by atoms with Crippen LogP contribution in [-0.2, 0) is 9.53 Å². The van der Waals surface area contributed by atoms with Crippen molar-refractivity contribution in [3.05, 3.63) is 0 Å². The van der Waals surface area contributed by atoms with E-state index in [-0.39, 0.29) is 11.5 Å². The lowest BCUT2D eigenvalue weighted by Gasteiger charge is -2.55. The number of fused-ring (bicyclic) bond motifs is 1. The highest BCUT2D eigenvalue weighted by Gasteiger charge is 2.59. The van der Waals surface area contributed by atoms with Gasteiger partial charge in [-0.15, -0.1) is 0 Å². The molecule has 22 heavy (non-hydrogen) atoms. The second-order valence-electron chi connectivity index (χ2n) is 8.11. The molecule has 3 fully saturated rings. The van der Waals surface area contributed by atoms with E-state index in [1.165, 1.54) is 32.1 Å². The van der Waals surface area contributed by atoms with Crippen molar-refractivity contribution in [1.82, 2.24) is 10.2 Å². The van der Waals surface area contributed by atoms with E-state index >= 15 is 0 Å². The molecular formula is C18H32N2O2. The Morgan fingerprint density at radius 3 is 2.64 bits per heavy atom. The van der Waals surface area contributed by atoms with Crippen LogP contribution in [0.3, 0.4) is 0 Å². The number of ether oxygens (including phenoxy) is 1. The Labute approximate surface area is 135 Å². The third-order valence-corrected chi connectivity index (χ3v) is 6.00. The summed E-state index contributed by atoms with van der Waals surface area (Å²) in [5.74, 6) is 0.976. The van der Waals surface area contributed by atoms with Crippen molar-refractivity contribution in [3.63, 3.8) is 0 Å². The van der Waals surface area contributed by atoms with Crippen molar-refractivity contribution < 1.29 is 9.53 Å². The van der Waals surface area contributed by atoms with Gasteiger partial charge in [-0.2, -0.15) is 0 Å². The summed E-state index contributed by atoms with van der Waals surface area (Å²) in [5.41, 5.74) is 0.196. The van der Waals surface area contributed by atoms with Gasteiger partial charge in [0.25, 0.3) is 0 Å². The van der Waals surface area contributed by atoms with Crippen LogP contribution in [0.4, 0.5) is 0 Å². The Balaban J connectivity index is 1.49. The Kier molecular flexibility index (Phi) is 4.79.